The second kappa shape index (κ2) is 6.55. The highest BCUT2D eigenvalue weighted by Crippen LogP contribution is 2.25. The topological polar surface area (TPSA) is 38.0 Å². The summed E-state index contributed by atoms with van der Waals surface area (Å²) in [5, 5.41) is 0.800. The van der Waals surface area contributed by atoms with Gasteiger partial charge in [0.1, 0.15) is 5.82 Å². The number of hydrazine groups is 1. The lowest BCUT2D eigenvalue weighted by Gasteiger charge is -2.17. The monoisotopic (exact) mass is 312 g/mol. The van der Waals surface area contributed by atoms with Crippen molar-refractivity contribution >= 4 is 23.2 Å². The third-order valence-electron chi connectivity index (χ3n) is 3.22. The Kier molecular flexibility index (Phi) is 5.00. The molecule has 5 heteroatoms. The number of nitrogens with two attached hydrogens (primary N) is 1. The van der Waals surface area contributed by atoms with Crippen LogP contribution in [0.3, 0.4) is 0 Å². The third kappa shape index (κ3) is 3.49. The molecule has 2 nitrogen and oxygen atoms in total. The molecule has 3 N–H and O–H groups in total. The summed E-state index contributed by atoms with van der Waals surface area (Å²) in [6.07, 6.45) is 0.546. The van der Waals surface area contributed by atoms with Gasteiger partial charge in [0.25, 0.3) is 0 Å². The molecular formula is C15H15Cl2FN2. The van der Waals surface area contributed by atoms with Crippen LogP contribution in [0.25, 0.3) is 0 Å². The molecule has 0 aliphatic carbocycles. The van der Waals surface area contributed by atoms with Gasteiger partial charge in [-0.3, -0.25) is 11.3 Å². The van der Waals surface area contributed by atoms with E-state index in [1.54, 1.807) is 12.1 Å². The minimum Gasteiger partial charge on any atom is -0.271 e. The van der Waals surface area contributed by atoms with Crippen molar-refractivity contribution in [1.82, 2.24) is 5.43 Å². The van der Waals surface area contributed by atoms with Crippen LogP contribution in [0.5, 0.6) is 0 Å². The van der Waals surface area contributed by atoms with Crippen molar-refractivity contribution in [3.8, 4) is 0 Å². The zero-order valence-corrected chi connectivity index (χ0v) is 12.5. The van der Waals surface area contributed by atoms with Crippen LogP contribution in [0.4, 0.5) is 4.39 Å². The maximum atomic E-state index is 13.4. The summed E-state index contributed by atoms with van der Waals surface area (Å²) in [6, 6.07) is 10.4. The summed E-state index contributed by atoms with van der Waals surface area (Å²) in [7, 11) is 0. The lowest BCUT2D eigenvalue weighted by atomic mass is 9.98. The molecule has 2 aromatic rings. The van der Waals surface area contributed by atoms with Gasteiger partial charge in [-0.25, -0.2) is 4.39 Å². The fraction of sp³-hybridized carbons (Fsp3) is 0.200. The minimum absolute atomic E-state index is 0.115. The molecule has 106 valence electrons. The summed E-state index contributed by atoms with van der Waals surface area (Å²) in [6.45, 7) is 1.94. The van der Waals surface area contributed by atoms with Crippen molar-refractivity contribution in [1.29, 1.82) is 0 Å². The lowest BCUT2D eigenvalue weighted by molar-refractivity contribution is 0.548. The third-order valence-corrected chi connectivity index (χ3v) is 3.94. The van der Waals surface area contributed by atoms with Gasteiger partial charge in [-0.05, 0) is 48.2 Å². The second-order valence-electron chi connectivity index (χ2n) is 4.68. The van der Waals surface area contributed by atoms with Crippen molar-refractivity contribution in [2.75, 3.05) is 0 Å². The smallest absolute Gasteiger partial charge is 0.142 e. The van der Waals surface area contributed by atoms with Gasteiger partial charge in [0, 0.05) is 5.02 Å². The van der Waals surface area contributed by atoms with E-state index in [4.69, 9.17) is 29.0 Å². The van der Waals surface area contributed by atoms with Crippen LogP contribution in [-0.4, -0.2) is 0 Å². The van der Waals surface area contributed by atoms with E-state index in [9.17, 15) is 4.39 Å². The van der Waals surface area contributed by atoms with E-state index in [1.165, 1.54) is 6.07 Å². The standard InChI is InChI=1S/C15H15Cl2FN2/c1-9-2-4-11(8-13(9)17)15(20-19)7-10-3-5-12(16)14(18)6-10/h2-6,8,15,20H,7,19H2,1H3. The fourth-order valence-electron chi connectivity index (χ4n) is 2.00. The quantitative estimate of drug-likeness (QED) is 0.656. The number of halogens is 3. The van der Waals surface area contributed by atoms with Gasteiger partial charge in [0.2, 0.25) is 0 Å². The maximum absolute atomic E-state index is 13.4. The fourth-order valence-corrected chi connectivity index (χ4v) is 2.31. The Bertz CT molecular complexity index is 617. The van der Waals surface area contributed by atoms with Crippen LogP contribution in [0.1, 0.15) is 22.7 Å². The van der Waals surface area contributed by atoms with E-state index in [0.29, 0.717) is 11.4 Å². The molecule has 0 bridgehead atoms. The van der Waals surface area contributed by atoms with E-state index in [1.807, 2.05) is 25.1 Å². The normalized spacial score (nSPS) is 12.4. The van der Waals surface area contributed by atoms with Gasteiger partial charge in [0.15, 0.2) is 0 Å². The average Bonchev–Trinajstić information content (AvgIpc) is 2.43. The molecule has 2 rings (SSSR count). The molecule has 0 fully saturated rings. The van der Waals surface area contributed by atoms with E-state index >= 15 is 0 Å². The highest BCUT2D eigenvalue weighted by atomic mass is 35.5. The Morgan fingerprint density at radius 2 is 1.90 bits per heavy atom. The number of nitrogens with one attached hydrogen (secondary N) is 1. The Labute approximate surface area is 127 Å². The Morgan fingerprint density at radius 3 is 2.50 bits per heavy atom. The molecule has 0 saturated carbocycles. The average molecular weight is 313 g/mol. The summed E-state index contributed by atoms with van der Waals surface area (Å²) in [5.41, 5.74) is 5.51. The van der Waals surface area contributed by atoms with Crippen molar-refractivity contribution < 1.29 is 4.39 Å². The zero-order valence-electron chi connectivity index (χ0n) is 11.0. The van der Waals surface area contributed by atoms with Crippen LogP contribution in [0, 0.1) is 12.7 Å². The maximum Gasteiger partial charge on any atom is 0.142 e. The van der Waals surface area contributed by atoms with Crippen molar-refractivity contribution in [2.24, 2.45) is 5.84 Å². The molecule has 0 aromatic heterocycles. The summed E-state index contributed by atoms with van der Waals surface area (Å²) in [5.74, 6) is 5.17. The predicted octanol–water partition coefficient (Wildman–Crippen LogP) is 4.19. The first kappa shape index (κ1) is 15.3. The molecule has 0 saturated heterocycles. The molecule has 0 aliphatic heterocycles. The number of hydrogen-bond acceptors (Lipinski definition) is 2. The van der Waals surface area contributed by atoms with E-state index in [0.717, 1.165) is 16.7 Å². The van der Waals surface area contributed by atoms with Gasteiger partial charge in [0.05, 0.1) is 11.1 Å². The van der Waals surface area contributed by atoms with Crippen LogP contribution in [0.2, 0.25) is 10.0 Å². The van der Waals surface area contributed by atoms with E-state index in [-0.39, 0.29) is 11.1 Å². The molecule has 1 unspecified atom stereocenters. The van der Waals surface area contributed by atoms with Crippen molar-refractivity contribution in [3.05, 3.63) is 69.0 Å². The molecular weight excluding hydrogens is 298 g/mol. The van der Waals surface area contributed by atoms with Crippen LogP contribution >= 0.6 is 23.2 Å². The first-order valence-corrected chi connectivity index (χ1v) is 6.93. The molecule has 0 radical (unpaired) electrons. The predicted molar refractivity (Wildman–Crippen MR) is 81.4 cm³/mol. The minimum atomic E-state index is -0.429. The second-order valence-corrected chi connectivity index (χ2v) is 5.49. The van der Waals surface area contributed by atoms with Crippen LogP contribution in [0.15, 0.2) is 36.4 Å². The molecule has 20 heavy (non-hydrogen) atoms. The lowest BCUT2D eigenvalue weighted by Crippen LogP contribution is -2.29. The number of hydrogen-bond donors (Lipinski definition) is 2. The first-order chi connectivity index (χ1) is 9.51. The molecule has 0 amide bonds. The van der Waals surface area contributed by atoms with Gasteiger partial charge >= 0.3 is 0 Å². The molecule has 0 spiro atoms. The van der Waals surface area contributed by atoms with E-state index < -0.39 is 5.82 Å². The highest BCUT2D eigenvalue weighted by Gasteiger charge is 2.13. The molecule has 1 atom stereocenters. The zero-order chi connectivity index (χ0) is 14.7. The molecule has 0 heterocycles. The van der Waals surface area contributed by atoms with Gasteiger partial charge in [-0.1, -0.05) is 41.4 Å². The number of benzene rings is 2. The van der Waals surface area contributed by atoms with Crippen molar-refractivity contribution in [2.45, 2.75) is 19.4 Å². The first-order valence-electron chi connectivity index (χ1n) is 6.17. The van der Waals surface area contributed by atoms with Gasteiger partial charge < -0.3 is 0 Å². The Morgan fingerprint density at radius 1 is 1.15 bits per heavy atom. The van der Waals surface area contributed by atoms with Gasteiger partial charge in [-0.15, -0.1) is 0 Å². The Hall–Kier alpha value is -1.13. The summed E-state index contributed by atoms with van der Waals surface area (Å²) >= 11 is 11.8. The number of aryl methyl sites for hydroxylation is 1. The van der Waals surface area contributed by atoms with E-state index in [2.05, 4.69) is 5.43 Å². The largest absolute Gasteiger partial charge is 0.271 e. The molecule has 0 aliphatic rings. The molecule has 2 aromatic carbocycles. The summed E-state index contributed by atoms with van der Waals surface area (Å²) < 4.78 is 13.4. The van der Waals surface area contributed by atoms with Crippen LogP contribution in [-0.2, 0) is 6.42 Å². The van der Waals surface area contributed by atoms with Gasteiger partial charge in [-0.2, -0.15) is 0 Å². The van der Waals surface area contributed by atoms with Crippen LogP contribution < -0.4 is 11.3 Å². The number of rotatable bonds is 4. The summed E-state index contributed by atoms with van der Waals surface area (Å²) in [4.78, 5) is 0. The Balaban J connectivity index is 2.23. The SMILES string of the molecule is Cc1ccc(C(Cc2ccc(Cl)c(F)c2)NN)cc1Cl. The highest BCUT2D eigenvalue weighted by molar-refractivity contribution is 6.31. The van der Waals surface area contributed by atoms with Crippen molar-refractivity contribution in [3.63, 3.8) is 0 Å².